The van der Waals surface area contributed by atoms with Gasteiger partial charge in [-0.05, 0) is 4.78 Å². The molecule has 48 valence electrons. The maximum atomic E-state index is 12.9. The van der Waals surface area contributed by atoms with Crippen molar-refractivity contribution < 1.29 is 4.39 Å². The molecule has 2 aromatic rings. The molecule has 0 aromatic carbocycles. The van der Waals surface area contributed by atoms with E-state index in [1.54, 1.807) is 5.38 Å². The van der Waals surface area contributed by atoms with Gasteiger partial charge in [-0.2, -0.15) is 11.3 Å². The molecular formula is C6H2BFS2. The zero-order chi connectivity index (χ0) is 7.14. The molecule has 0 spiro atoms. The van der Waals surface area contributed by atoms with Crippen molar-refractivity contribution in [3.8, 4) is 0 Å². The summed E-state index contributed by atoms with van der Waals surface area (Å²) in [5.74, 6) is -0.263. The lowest BCUT2D eigenvalue weighted by Gasteiger charge is -1.79. The van der Waals surface area contributed by atoms with E-state index in [-0.39, 0.29) is 10.6 Å². The first kappa shape index (κ1) is 6.37. The second-order valence-corrected chi connectivity index (χ2v) is 3.76. The highest BCUT2D eigenvalue weighted by Crippen LogP contribution is 2.25. The lowest BCUT2D eigenvalue weighted by molar-refractivity contribution is 0.651. The van der Waals surface area contributed by atoms with Gasteiger partial charge in [0.15, 0.2) is 0 Å². The Bertz CT molecular complexity index is 363. The van der Waals surface area contributed by atoms with E-state index in [0.717, 1.165) is 4.70 Å². The molecule has 4 heteroatoms. The highest BCUT2D eigenvalue weighted by atomic mass is 32.1. The number of hydrogen-bond donors (Lipinski definition) is 0. The van der Waals surface area contributed by atoms with Crippen LogP contribution in [-0.4, -0.2) is 7.85 Å². The average molecular weight is 168 g/mol. The first-order valence-electron chi connectivity index (χ1n) is 2.68. The third kappa shape index (κ3) is 0.723. The minimum Gasteiger partial charge on any atom is -0.206 e. The summed E-state index contributed by atoms with van der Waals surface area (Å²) in [5.41, 5.74) is 0. The van der Waals surface area contributed by atoms with Crippen LogP contribution in [0.1, 0.15) is 0 Å². The number of rotatable bonds is 0. The van der Waals surface area contributed by atoms with Crippen LogP contribution in [0.5, 0.6) is 0 Å². The molecule has 0 atom stereocenters. The Morgan fingerprint density at radius 1 is 1.40 bits per heavy atom. The van der Waals surface area contributed by atoms with Crippen molar-refractivity contribution in [1.29, 1.82) is 0 Å². The van der Waals surface area contributed by atoms with Crippen molar-refractivity contribution in [1.82, 2.24) is 0 Å². The summed E-state index contributed by atoms with van der Waals surface area (Å²) in [6.45, 7) is 0. The molecule has 0 amide bonds. The summed E-state index contributed by atoms with van der Waals surface area (Å²) in [6.07, 6.45) is 0. The Labute approximate surface area is 66.7 Å². The van der Waals surface area contributed by atoms with Crippen LogP contribution in [0.2, 0.25) is 0 Å². The molecule has 0 bridgehead atoms. The smallest absolute Gasteiger partial charge is 0.135 e. The molecule has 2 radical (unpaired) electrons. The van der Waals surface area contributed by atoms with Gasteiger partial charge in [-0.15, -0.1) is 11.3 Å². The predicted molar refractivity (Wildman–Crippen MR) is 45.0 cm³/mol. The lowest BCUT2D eigenvalue weighted by Crippen LogP contribution is -1.98. The molecular weight excluding hydrogens is 166 g/mol. The van der Waals surface area contributed by atoms with E-state index in [1.165, 1.54) is 22.7 Å². The van der Waals surface area contributed by atoms with Gasteiger partial charge in [0.1, 0.15) is 13.7 Å². The van der Waals surface area contributed by atoms with Crippen LogP contribution in [-0.2, 0) is 0 Å². The fourth-order valence-corrected chi connectivity index (χ4v) is 2.63. The summed E-state index contributed by atoms with van der Waals surface area (Å²) in [6, 6.07) is 0. The van der Waals surface area contributed by atoms with E-state index in [1.807, 2.05) is 5.38 Å². The standard InChI is InChI=1S/C6H2BFS2/c7-6-5(8)3-1-9-2-4(3)10-6/h1-2H. The molecule has 0 saturated carbocycles. The van der Waals surface area contributed by atoms with Crippen LogP contribution in [0, 0.1) is 5.82 Å². The van der Waals surface area contributed by atoms with Crippen LogP contribution in [0.3, 0.4) is 0 Å². The van der Waals surface area contributed by atoms with Crippen LogP contribution in [0.25, 0.3) is 10.1 Å². The molecule has 0 aliphatic rings. The van der Waals surface area contributed by atoms with Crippen LogP contribution >= 0.6 is 22.7 Å². The normalized spacial score (nSPS) is 10.9. The molecule has 2 aromatic heterocycles. The van der Waals surface area contributed by atoms with Gasteiger partial charge in [-0.3, -0.25) is 0 Å². The Hall–Kier alpha value is -0.345. The molecule has 0 N–H and O–H groups in total. The third-order valence-corrected chi connectivity index (χ3v) is 3.15. The van der Waals surface area contributed by atoms with Gasteiger partial charge in [0, 0.05) is 20.8 Å². The van der Waals surface area contributed by atoms with Crippen molar-refractivity contribution in [3.63, 3.8) is 0 Å². The summed E-state index contributed by atoms with van der Waals surface area (Å²) in [5, 5.41) is 4.34. The molecule has 10 heavy (non-hydrogen) atoms. The van der Waals surface area contributed by atoms with E-state index in [0.29, 0.717) is 5.39 Å². The van der Waals surface area contributed by atoms with Gasteiger partial charge in [-0.25, -0.2) is 4.39 Å². The van der Waals surface area contributed by atoms with E-state index in [9.17, 15) is 4.39 Å². The predicted octanol–water partition coefficient (Wildman–Crippen LogP) is 1.90. The van der Waals surface area contributed by atoms with Crippen molar-refractivity contribution in [2.45, 2.75) is 0 Å². The first-order valence-corrected chi connectivity index (χ1v) is 4.44. The topological polar surface area (TPSA) is 0 Å². The van der Waals surface area contributed by atoms with Crippen LogP contribution < -0.4 is 4.78 Å². The minimum absolute atomic E-state index is 0.263. The van der Waals surface area contributed by atoms with Gasteiger partial charge in [0.2, 0.25) is 0 Å². The van der Waals surface area contributed by atoms with Crippen molar-refractivity contribution >= 4 is 45.4 Å². The highest BCUT2D eigenvalue weighted by molar-refractivity contribution is 7.28. The Kier molecular flexibility index (Phi) is 1.32. The Morgan fingerprint density at radius 2 is 2.20 bits per heavy atom. The molecule has 2 heterocycles. The summed E-state index contributed by atoms with van der Waals surface area (Å²) < 4.78 is 14.1. The average Bonchev–Trinajstić information content (AvgIpc) is 2.41. The third-order valence-electron chi connectivity index (χ3n) is 1.30. The molecule has 0 fully saturated rings. The van der Waals surface area contributed by atoms with Crippen LogP contribution in [0.15, 0.2) is 10.8 Å². The fraction of sp³-hybridized carbons (Fsp3) is 0. The fourth-order valence-electron chi connectivity index (χ4n) is 0.820. The zero-order valence-corrected chi connectivity index (χ0v) is 6.56. The Morgan fingerprint density at radius 3 is 2.90 bits per heavy atom. The van der Waals surface area contributed by atoms with Crippen LogP contribution in [0.4, 0.5) is 4.39 Å². The molecule has 0 aliphatic carbocycles. The van der Waals surface area contributed by atoms with Gasteiger partial charge in [0.05, 0.1) is 0 Å². The van der Waals surface area contributed by atoms with E-state index in [4.69, 9.17) is 7.85 Å². The summed E-state index contributed by atoms with van der Waals surface area (Å²) in [7, 11) is 5.35. The second-order valence-electron chi connectivity index (χ2n) is 1.93. The lowest BCUT2D eigenvalue weighted by atomic mass is 10.1. The van der Waals surface area contributed by atoms with Crippen molar-refractivity contribution in [2.75, 3.05) is 0 Å². The molecule has 0 nitrogen and oxygen atoms in total. The van der Waals surface area contributed by atoms with E-state index in [2.05, 4.69) is 0 Å². The molecule has 0 saturated heterocycles. The van der Waals surface area contributed by atoms with Gasteiger partial charge in [0.25, 0.3) is 0 Å². The number of halogens is 1. The van der Waals surface area contributed by atoms with E-state index >= 15 is 0 Å². The Balaban J connectivity index is 2.95. The second kappa shape index (κ2) is 2.07. The number of thiophene rings is 2. The minimum atomic E-state index is -0.263. The quantitative estimate of drug-likeness (QED) is 0.527. The number of hydrogen-bond acceptors (Lipinski definition) is 2. The monoisotopic (exact) mass is 168 g/mol. The largest absolute Gasteiger partial charge is 0.206 e. The maximum absolute atomic E-state index is 12.9. The molecule has 2 rings (SSSR count). The highest BCUT2D eigenvalue weighted by Gasteiger charge is 2.06. The van der Waals surface area contributed by atoms with Gasteiger partial charge in [-0.1, -0.05) is 0 Å². The SMILES string of the molecule is [B]c1sc2cscc2c1F. The van der Waals surface area contributed by atoms with Gasteiger partial charge < -0.3 is 0 Å². The summed E-state index contributed by atoms with van der Waals surface area (Å²) in [4.78, 5) is 0. The van der Waals surface area contributed by atoms with Gasteiger partial charge >= 0.3 is 0 Å². The van der Waals surface area contributed by atoms with Crippen molar-refractivity contribution in [2.24, 2.45) is 0 Å². The molecule has 0 aliphatic heterocycles. The first-order chi connectivity index (χ1) is 4.79. The van der Waals surface area contributed by atoms with Crippen molar-refractivity contribution in [3.05, 3.63) is 16.6 Å². The number of fused-ring (bicyclic) bond motifs is 1. The zero-order valence-electron chi connectivity index (χ0n) is 4.93. The maximum Gasteiger partial charge on any atom is 0.135 e. The molecule has 0 unspecified atom stereocenters. The van der Waals surface area contributed by atoms with E-state index < -0.39 is 0 Å². The summed E-state index contributed by atoms with van der Waals surface area (Å²) >= 11 is 2.80.